The van der Waals surface area contributed by atoms with Gasteiger partial charge >= 0.3 is 5.97 Å². The molecule has 0 aromatic rings. The van der Waals surface area contributed by atoms with Crippen molar-refractivity contribution < 1.29 is 14.6 Å². The van der Waals surface area contributed by atoms with E-state index in [1.54, 1.807) is 7.11 Å². The van der Waals surface area contributed by atoms with Crippen LogP contribution in [-0.4, -0.2) is 60.3 Å². The summed E-state index contributed by atoms with van der Waals surface area (Å²) in [6, 6.07) is 0. The molecule has 1 heterocycles. The second-order valence-electron chi connectivity index (χ2n) is 3.86. The molecule has 0 spiro atoms. The Morgan fingerprint density at radius 2 is 2.13 bits per heavy atom. The SMILES string of the molecule is COCCN(C)C1(C(=O)O)CCSCC1. The second-order valence-corrected chi connectivity index (χ2v) is 5.09. The maximum atomic E-state index is 11.4. The van der Waals surface area contributed by atoms with E-state index >= 15 is 0 Å². The molecule has 0 amide bonds. The lowest BCUT2D eigenvalue weighted by Gasteiger charge is -2.40. The molecule has 4 nitrogen and oxygen atoms in total. The smallest absolute Gasteiger partial charge is 0.324 e. The van der Waals surface area contributed by atoms with Crippen LogP contribution >= 0.6 is 11.8 Å². The number of carbonyl (C=O) groups is 1. The van der Waals surface area contributed by atoms with Gasteiger partial charge in [0.15, 0.2) is 0 Å². The molecule has 1 aliphatic heterocycles. The Bertz CT molecular complexity index is 217. The van der Waals surface area contributed by atoms with Gasteiger partial charge in [-0.15, -0.1) is 0 Å². The van der Waals surface area contributed by atoms with Crippen molar-refractivity contribution in [3.63, 3.8) is 0 Å². The van der Waals surface area contributed by atoms with Crippen LogP contribution in [0.2, 0.25) is 0 Å². The first-order valence-electron chi connectivity index (χ1n) is 5.15. The normalized spacial score (nSPS) is 20.5. The second kappa shape index (κ2) is 5.72. The molecule has 0 radical (unpaired) electrons. The molecule has 1 saturated heterocycles. The Morgan fingerprint density at radius 3 is 2.60 bits per heavy atom. The summed E-state index contributed by atoms with van der Waals surface area (Å²) in [5.41, 5.74) is -0.663. The predicted octanol–water partition coefficient (Wildman–Crippen LogP) is 0.915. The van der Waals surface area contributed by atoms with Crippen LogP contribution in [0.1, 0.15) is 12.8 Å². The molecule has 5 heteroatoms. The van der Waals surface area contributed by atoms with Crippen LogP contribution in [0.25, 0.3) is 0 Å². The number of ether oxygens (including phenoxy) is 1. The minimum absolute atomic E-state index is 0.582. The highest BCUT2D eigenvalue weighted by atomic mass is 32.2. The fourth-order valence-corrected chi connectivity index (χ4v) is 3.08. The van der Waals surface area contributed by atoms with Crippen molar-refractivity contribution in [1.82, 2.24) is 4.90 Å². The molecule has 88 valence electrons. The Hall–Kier alpha value is -0.260. The number of hydrogen-bond donors (Lipinski definition) is 1. The van der Waals surface area contributed by atoms with Crippen LogP contribution in [0.4, 0.5) is 0 Å². The van der Waals surface area contributed by atoms with E-state index in [0.29, 0.717) is 13.2 Å². The molecule has 1 N–H and O–H groups in total. The molecule has 1 aliphatic rings. The molecule has 0 atom stereocenters. The van der Waals surface area contributed by atoms with Gasteiger partial charge < -0.3 is 9.84 Å². The van der Waals surface area contributed by atoms with Gasteiger partial charge in [-0.25, -0.2) is 0 Å². The quantitative estimate of drug-likeness (QED) is 0.765. The molecule has 0 aromatic carbocycles. The summed E-state index contributed by atoms with van der Waals surface area (Å²) in [5.74, 6) is 1.18. The summed E-state index contributed by atoms with van der Waals surface area (Å²) in [6.45, 7) is 1.26. The first-order valence-corrected chi connectivity index (χ1v) is 6.30. The maximum Gasteiger partial charge on any atom is 0.324 e. The fraction of sp³-hybridized carbons (Fsp3) is 0.900. The van der Waals surface area contributed by atoms with Crippen molar-refractivity contribution in [2.45, 2.75) is 18.4 Å². The topological polar surface area (TPSA) is 49.8 Å². The van der Waals surface area contributed by atoms with Crippen LogP contribution in [-0.2, 0) is 9.53 Å². The number of carboxylic acid groups (broad SMARTS) is 1. The maximum absolute atomic E-state index is 11.4. The van der Waals surface area contributed by atoms with Gasteiger partial charge in [0.05, 0.1) is 6.61 Å². The third kappa shape index (κ3) is 2.86. The van der Waals surface area contributed by atoms with Crippen molar-refractivity contribution in [2.75, 3.05) is 38.8 Å². The van der Waals surface area contributed by atoms with E-state index in [-0.39, 0.29) is 0 Å². The molecule has 15 heavy (non-hydrogen) atoms. The number of carboxylic acids is 1. The zero-order chi connectivity index (χ0) is 11.3. The summed E-state index contributed by atoms with van der Waals surface area (Å²) in [6.07, 6.45) is 1.46. The zero-order valence-corrected chi connectivity index (χ0v) is 10.2. The number of hydrogen-bond acceptors (Lipinski definition) is 4. The third-order valence-corrected chi connectivity index (χ3v) is 4.07. The fourth-order valence-electron chi connectivity index (χ4n) is 1.91. The van der Waals surface area contributed by atoms with Crippen LogP contribution in [0.5, 0.6) is 0 Å². The van der Waals surface area contributed by atoms with E-state index in [2.05, 4.69) is 0 Å². The first-order chi connectivity index (χ1) is 7.13. The molecule has 1 rings (SSSR count). The van der Waals surface area contributed by atoms with Gasteiger partial charge in [-0.2, -0.15) is 11.8 Å². The Balaban J connectivity index is 2.66. The van der Waals surface area contributed by atoms with E-state index < -0.39 is 11.5 Å². The van der Waals surface area contributed by atoms with E-state index in [4.69, 9.17) is 4.74 Å². The van der Waals surface area contributed by atoms with Crippen LogP contribution in [0, 0.1) is 0 Å². The minimum Gasteiger partial charge on any atom is -0.480 e. The van der Waals surface area contributed by atoms with Gasteiger partial charge in [-0.1, -0.05) is 0 Å². The molecular formula is C10H19NO3S. The Morgan fingerprint density at radius 1 is 1.53 bits per heavy atom. The number of rotatable bonds is 5. The highest BCUT2D eigenvalue weighted by Gasteiger charge is 2.43. The highest BCUT2D eigenvalue weighted by Crippen LogP contribution is 2.31. The number of nitrogens with zero attached hydrogens (tertiary/aromatic N) is 1. The van der Waals surface area contributed by atoms with E-state index in [1.165, 1.54) is 0 Å². The summed E-state index contributed by atoms with van der Waals surface area (Å²) in [5, 5.41) is 9.37. The molecule has 0 bridgehead atoms. The van der Waals surface area contributed by atoms with Crippen LogP contribution < -0.4 is 0 Å². The first kappa shape index (κ1) is 12.8. The van der Waals surface area contributed by atoms with Gasteiger partial charge in [0.25, 0.3) is 0 Å². The summed E-state index contributed by atoms with van der Waals surface area (Å²) in [4.78, 5) is 13.3. The average molecular weight is 233 g/mol. The number of likely N-dealkylation sites (N-methyl/N-ethyl adjacent to an activating group) is 1. The van der Waals surface area contributed by atoms with E-state index in [1.807, 2.05) is 23.7 Å². The standard InChI is InChI=1S/C10H19NO3S/c1-11(5-6-14-2)10(9(12)13)3-7-15-8-4-10/h3-8H2,1-2H3,(H,12,13). The lowest BCUT2D eigenvalue weighted by Crippen LogP contribution is -2.55. The predicted molar refractivity (Wildman–Crippen MR) is 61.4 cm³/mol. The van der Waals surface area contributed by atoms with Gasteiger partial charge in [0, 0.05) is 13.7 Å². The van der Waals surface area contributed by atoms with Gasteiger partial charge in [0.2, 0.25) is 0 Å². The molecule has 0 unspecified atom stereocenters. The third-order valence-electron chi connectivity index (χ3n) is 3.08. The number of methoxy groups -OCH3 is 1. The van der Waals surface area contributed by atoms with Crippen LogP contribution in [0.15, 0.2) is 0 Å². The average Bonchev–Trinajstić information content (AvgIpc) is 2.26. The summed E-state index contributed by atoms with van der Waals surface area (Å²) in [7, 11) is 3.52. The highest BCUT2D eigenvalue weighted by molar-refractivity contribution is 7.99. The monoisotopic (exact) mass is 233 g/mol. The van der Waals surface area contributed by atoms with Crippen LogP contribution in [0.3, 0.4) is 0 Å². The molecule has 0 aliphatic carbocycles. The molecule has 0 aromatic heterocycles. The lowest BCUT2D eigenvalue weighted by atomic mass is 9.90. The molecule has 1 fully saturated rings. The lowest BCUT2D eigenvalue weighted by molar-refractivity contribution is -0.151. The Labute approximate surface area is 95.0 Å². The van der Waals surface area contributed by atoms with Crippen molar-refractivity contribution >= 4 is 17.7 Å². The number of thioether (sulfide) groups is 1. The van der Waals surface area contributed by atoms with E-state index in [9.17, 15) is 9.90 Å². The number of aliphatic carboxylic acids is 1. The summed E-state index contributed by atoms with van der Waals surface area (Å²) >= 11 is 1.83. The molecule has 0 saturated carbocycles. The van der Waals surface area contributed by atoms with Gasteiger partial charge in [0.1, 0.15) is 5.54 Å². The van der Waals surface area contributed by atoms with Crippen molar-refractivity contribution in [3.05, 3.63) is 0 Å². The van der Waals surface area contributed by atoms with E-state index in [0.717, 1.165) is 24.3 Å². The summed E-state index contributed by atoms with van der Waals surface area (Å²) < 4.78 is 4.99. The Kier molecular flexibility index (Phi) is 4.89. The van der Waals surface area contributed by atoms with Crippen molar-refractivity contribution in [2.24, 2.45) is 0 Å². The minimum atomic E-state index is -0.693. The van der Waals surface area contributed by atoms with Gasteiger partial charge in [-0.3, -0.25) is 9.69 Å². The van der Waals surface area contributed by atoms with Gasteiger partial charge in [-0.05, 0) is 31.4 Å². The largest absolute Gasteiger partial charge is 0.480 e. The van der Waals surface area contributed by atoms with Crippen molar-refractivity contribution in [1.29, 1.82) is 0 Å². The zero-order valence-electron chi connectivity index (χ0n) is 9.36. The van der Waals surface area contributed by atoms with Crippen molar-refractivity contribution in [3.8, 4) is 0 Å². The molecular weight excluding hydrogens is 214 g/mol.